The number of carbonyl (C=O) groups excluding carboxylic acids is 1. The molecule has 1 unspecified atom stereocenters. The number of rotatable bonds is 2. The highest BCUT2D eigenvalue weighted by Gasteiger charge is 2.24. The molecule has 0 spiro atoms. The first-order valence-corrected chi connectivity index (χ1v) is 6.72. The molecule has 1 aromatic heterocycles. The quantitative estimate of drug-likeness (QED) is 0.879. The number of hydrogen-bond acceptors (Lipinski definition) is 4. The van der Waals surface area contributed by atoms with Crippen LogP contribution in [0.3, 0.4) is 0 Å². The standard InChI is InChI=1S/C15H17N3O2/c1-9(19)17-13-5-4-10-2-3-11(6-12(10)7-13)15-14(16)8-20-18-15/h4-5,7-8,11H,2-3,6,16H2,1H3,(H,17,19). The maximum absolute atomic E-state index is 11.1. The van der Waals surface area contributed by atoms with Crippen LogP contribution in [-0.4, -0.2) is 11.1 Å². The normalized spacial score (nSPS) is 17.6. The first-order chi connectivity index (χ1) is 9.63. The molecule has 0 radical (unpaired) electrons. The Bertz CT molecular complexity index is 648. The van der Waals surface area contributed by atoms with E-state index >= 15 is 0 Å². The van der Waals surface area contributed by atoms with E-state index in [1.54, 1.807) is 0 Å². The van der Waals surface area contributed by atoms with Gasteiger partial charge in [0.1, 0.15) is 12.0 Å². The maximum atomic E-state index is 11.1. The smallest absolute Gasteiger partial charge is 0.221 e. The third-order valence-electron chi connectivity index (χ3n) is 3.77. The van der Waals surface area contributed by atoms with Gasteiger partial charge in [-0.15, -0.1) is 0 Å². The first kappa shape index (κ1) is 12.7. The number of nitrogens with zero attached hydrogens (tertiary/aromatic N) is 1. The van der Waals surface area contributed by atoms with Gasteiger partial charge in [-0.1, -0.05) is 11.2 Å². The van der Waals surface area contributed by atoms with Gasteiger partial charge in [-0.3, -0.25) is 4.79 Å². The third-order valence-corrected chi connectivity index (χ3v) is 3.77. The summed E-state index contributed by atoms with van der Waals surface area (Å²) in [6.07, 6.45) is 4.37. The fourth-order valence-corrected chi connectivity index (χ4v) is 2.83. The second kappa shape index (κ2) is 5.00. The monoisotopic (exact) mass is 271 g/mol. The van der Waals surface area contributed by atoms with Crippen molar-refractivity contribution in [3.8, 4) is 0 Å². The second-order valence-corrected chi connectivity index (χ2v) is 5.26. The number of amides is 1. The van der Waals surface area contributed by atoms with Crippen LogP contribution >= 0.6 is 0 Å². The van der Waals surface area contributed by atoms with E-state index in [1.807, 2.05) is 12.1 Å². The zero-order chi connectivity index (χ0) is 14.1. The molecule has 3 N–H and O–H groups in total. The second-order valence-electron chi connectivity index (χ2n) is 5.26. The number of carbonyl (C=O) groups is 1. The number of hydrogen-bond donors (Lipinski definition) is 2. The fraction of sp³-hybridized carbons (Fsp3) is 0.333. The van der Waals surface area contributed by atoms with E-state index in [9.17, 15) is 4.79 Å². The molecule has 0 bridgehead atoms. The minimum atomic E-state index is -0.0574. The summed E-state index contributed by atoms with van der Waals surface area (Å²) in [4.78, 5) is 11.1. The van der Waals surface area contributed by atoms with Crippen molar-refractivity contribution in [2.24, 2.45) is 0 Å². The van der Waals surface area contributed by atoms with Crippen LogP contribution in [0, 0.1) is 0 Å². The molecule has 20 heavy (non-hydrogen) atoms. The SMILES string of the molecule is CC(=O)Nc1ccc2c(c1)CC(c1nocc1N)CC2. The molecule has 104 valence electrons. The summed E-state index contributed by atoms with van der Waals surface area (Å²) in [5.74, 6) is 0.229. The molecule has 0 saturated carbocycles. The largest absolute Gasteiger partial charge is 0.395 e. The Morgan fingerprint density at radius 1 is 1.45 bits per heavy atom. The number of aromatic nitrogens is 1. The van der Waals surface area contributed by atoms with Crippen LogP contribution in [0.15, 0.2) is 29.0 Å². The van der Waals surface area contributed by atoms with E-state index in [0.29, 0.717) is 5.69 Å². The zero-order valence-corrected chi connectivity index (χ0v) is 11.3. The summed E-state index contributed by atoms with van der Waals surface area (Å²) in [5.41, 5.74) is 10.8. The van der Waals surface area contributed by atoms with Gasteiger partial charge in [-0.05, 0) is 42.5 Å². The van der Waals surface area contributed by atoms with E-state index in [2.05, 4.69) is 16.5 Å². The number of anilines is 2. The molecule has 1 heterocycles. The molecule has 5 heteroatoms. The van der Waals surface area contributed by atoms with Crippen LogP contribution in [0.1, 0.15) is 36.1 Å². The molecule has 5 nitrogen and oxygen atoms in total. The lowest BCUT2D eigenvalue weighted by molar-refractivity contribution is -0.114. The van der Waals surface area contributed by atoms with Gasteiger partial charge < -0.3 is 15.6 Å². The van der Waals surface area contributed by atoms with Gasteiger partial charge >= 0.3 is 0 Å². The molecule has 2 aromatic rings. The summed E-state index contributed by atoms with van der Waals surface area (Å²) >= 11 is 0. The topological polar surface area (TPSA) is 81.2 Å². The number of aryl methyl sites for hydroxylation is 1. The van der Waals surface area contributed by atoms with E-state index < -0.39 is 0 Å². The van der Waals surface area contributed by atoms with E-state index in [-0.39, 0.29) is 11.8 Å². The number of nitrogens with two attached hydrogens (primary N) is 1. The molecule has 0 aliphatic heterocycles. The van der Waals surface area contributed by atoms with Crippen LogP contribution in [0.25, 0.3) is 0 Å². The van der Waals surface area contributed by atoms with Crippen LogP contribution in [-0.2, 0) is 17.6 Å². The van der Waals surface area contributed by atoms with Gasteiger partial charge in [0, 0.05) is 18.5 Å². The van der Waals surface area contributed by atoms with Gasteiger partial charge in [0.25, 0.3) is 0 Å². The molecule has 1 aromatic carbocycles. The zero-order valence-electron chi connectivity index (χ0n) is 11.3. The summed E-state index contributed by atoms with van der Waals surface area (Å²) < 4.78 is 4.93. The molecule has 1 atom stereocenters. The van der Waals surface area contributed by atoms with Crippen LogP contribution in [0.2, 0.25) is 0 Å². The molecular formula is C15H17N3O2. The van der Waals surface area contributed by atoms with Crippen molar-refractivity contribution in [2.75, 3.05) is 11.1 Å². The van der Waals surface area contributed by atoms with Crippen molar-refractivity contribution in [2.45, 2.75) is 32.1 Å². The van der Waals surface area contributed by atoms with Crippen molar-refractivity contribution in [3.63, 3.8) is 0 Å². The number of nitrogen functional groups attached to an aromatic ring is 1. The maximum Gasteiger partial charge on any atom is 0.221 e. The number of nitrogens with one attached hydrogen (secondary N) is 1. The Balaban J connectivity index is 1.86. The Labute approximate surface area is 117 Å². The Kier molecular flexibility index (Phi) is 3.18. The average Bonchev–Trinajstić information content (AvgIpc) is 2.83. The lowest BCUT2D eigenvalue weighted by atomic mass is 9.82. The summed E-state index contributed by atoms with van der Waals surface area (Å²) in [7, 11) is 0. The highest BCUT2D eigenvalue weighted by molar-refractivity contribution is 5.88. The fourth-order valence-electron chi connectivity index (χ4n) is 2.83. The van der Waals surface area contributed by atoms with Crippen LogP contribution in [0.4, 0.5) is 11.4 Å². The molecule has 1 aliphatic carbocycles. The minimum absolute atomic E-state index is 0.0574. The summed E-state index contributed by atoms with van der Waals surface area (Å²) in [6, 6.07) is 6.08. The molecule has 0 saturated heterocycles. The highest BCUT2D eigenvalue weighted by atomic mass is 16.5. The minimum Gasteiger partial charge on any atom is -0.395 e. The van der Waals surface area contributed by atoms with Gasteiger partial charge in [0.15, 0.2) is 0 Å². The Morgan fingerprint density at radius 2 is 2.30 bits per heavy atom. The van der Waals surface area contributed by atoms with Crippen LogP contribution < -0.4 is 11.1 Å². The van der Waals surface area contributed by atoms with Crippen molar-refractivity contribution in [1.29, 1.82) is 0 Å². The predicted molar refractivity (Wildman–Crippen MR) is 76.4 cm³/mol. The Hall–Kier alpha value is -2.30. The van der Waals surface area contributed by atoms with Crippen molar-refractivity contribution in [1.82, 2.24) is 5.16 Å². The van der Waals surface area contributed by atoms with Crippen molar-refractivity contribution < 1.29 is 9.32 Å². The lowest BCUT2D eigenvalue weighted by Crippen LogP contribution is -2.15. The predicted octanol–water partition coefficient (Wildman–Crippen LogP) is 2.49. The summed E-state index contributed by atoms with van der Waals surface area (Å²) in [6.45, 7) is 1.51. The van der Waals surface area contributed by atoms with Gasteiger partial charge in [-0.2, -0.15) is 0 Å². The Morgan fingerprint density at radius 3 is 3.00 bits per heavy atom. The van der Waals surface area contributed by atoms with Gasteiger partial charge in [-0.25, -0.2) is 0 Å². The van der Waals surface area contributed by atoms with Crippen molar-refractivity contribution in [3.05, 3.63) is 41.3 Å². The summed E-state index contributed by atoms with van der Waals surface area (Å²) in [5, 5.41) is 6.83. The first-order valence-electron chi connectivity index (χ1n) is 6.72. The average molecular weight is 271 g/mol. The van der Waals surface area contributed by atoms with Gasteiger partial charge in [0.05, 0.1) is 5.69 Å². The number of fused-ring (bicyclic) bond motifs is 1. The van der Waals surface area contributed by atoms with E-state index in [0.717, 1.165) is 30.6 Å². The molecule has 1 aliphatic rings. The molecule has 1 amide bonds. The highest BCUT2D eigenvalue weighted by Crippen LogP contribution is 2.35. The van der Waals surface area contributed by atoms with E-state index in [1.165, 1.54) is 24.3 Å². The number of benzene rings is 1. The van der Waals surface area contributed by atoms with Crippen LogP contribution in [0.5, 0.6) is 0 Å². The van der Waals surface area contributed by atoms with Gasteiger partial charge in [0.2, 0.25) is 5.91 Å². The molecule has 3 rings (SSSR count). The molecular weight excluding hydrogens is 254 g/mol. The van der Waals surface area contributed by atoms with E-state index in [4.69, 9.17) is 10.3 Å². The third kappa shape index (κ3) is 2.39. The lowest BCUT2D eigenvalue weighted by Gasteiger charge is -2.24. The molecule has 0 fully saturated rings. The van der Waals surface area contributed by atoms with Crippen molar-refractivity contribution >= 4 is 17.3 Å².